The quantitative estimate of drug-likeness (QED) is 0.902. The van der Waals surface area contributed by atoms with Gasteiger partial charge in [0, 0.05) is 24.4 Å². The average Bonchev–Trinajstić information content (AvgIpc) is 3.16. The summed E-state index contributed by atoms with van der Waals surface area (Å²) in [5, 5.41) is 6.19. The predicted octanol–water partition coefficient (Wildman–Crippen LogP) is 4.00. The number of nitrogens with one attached hydrogen (secondary N) is 1. The molecule has 1 aliphatic rings. The van der Waals surface area contributed by atoms with Crippen molar-refractivity contribution in [1.29, 1.82) is 0 Å². The minimum atomic E-state index is -4.29. The standard InChI is InChI=1S/C15H15F3N2S/c16-15(17,18)11-3-1-2-10(6-11)7-14-20-13(9-21-14)8-19-12-4-5-12/h1-3,6,9,12,19H,4-5,7-8H2. The maximum absolute atomic E-state index is 12.7. The largest absolute Gasteiger partial charge is 0.416 e. The number of benzene rings is 1. The van der Waals surface area contributed by atoms with Crippen LogP contribution in [0.1, 0.15) is 34.7 Å². The third-order valence-corrected chi connectivity index (χ3v) is 4.26. The number of aromatic nitrogens is 1. The lowest BCUT2D eigenvalue weighted by atomic mass is 10.1. The van der Waals surface area contributed by atoms with Gasteiger partial charge in [-0.15, -0.1) is 11.3 Å². The van der Waals surface area contributed by atoms with Gasteiger partial charge in [-0.05, 0) is 24.5 Å². The molecule has 112 valence electrons. The summed E-state index contributed by atoms with van der Waals surface area (Å²) in [4.78, 5) is 4.47. The summed E-state index contributed by atoms with van der Waals surface area (Å²) < 4.78 is 38.0. The third-order valence-electron chi connectivity index (χ3n) is 3.36. The number of rotatable bonds is 5. The molecular weight excluding hydrogens is 297 g/mol. The number of alkyl halides is 3. The molecule has 0 atom stereocenters. The number of thiazole rings is 1. The third kappa shape index (κ3) is 4.04. The number of hydrogen-bond acceptors (Lipinski definition) is 3. The van der Waals surface area contributed by atoms with Gasteiger partial charge < -0.3 is 5.32 Å². The molecule has 1 aromatic heterocycles. The minimum absolute atomic E-state index is 0.442. The average molecular weight is 312 g/mol. The van der Waals surface area contributed by atoms with Crippen LogP contribution in [0.2, 0.25) is 0 Å². The topological polar surface area (TPSA) is 24.9 Å². The second kappa shape index (κ2) is 5.77. The van der Waals surface area contributed by atoms with E-state index in [2.05, 4.69) is 10.3 Å². The molecule has 0 aliphatic heterocycles. The van der Waals surface area contributed by atoms with Crippen molar-refractivity contribution in [2.24, 2.45) is 0 Å². The Hall–Kier alpha value is -1.40. The number of hydrogen-bond donors (Lipinski definition) is 1. The predicted molar refractivity (Wildman–Crippen MR) is 76.2 cm³/mol. The van der Waals surface area contributed by atoms with Gasteiger partial charge in [0.2, 0.25) is 0 Å². The van der Waals surface area contributed by atoms with E-state index in [4.69, 9.17) is 0 Å². The highest BCUT2D eigenvalue weighted by atomic mass is 32.1. The van der Waals surface area contributed by atoms with E-state index in [9.17, 15) is 13.2 Å². The van der Waals surface area contributed by atoms with E-state index in [1.807, 2.05) is 5.38 Å². The Balaban J connectivity index is 1.65. The molecule has 0 amide bonds. The molecule has 1 N–H and O–H groups in total. The highest BCUT2D eigenvalue weighted by molar-refractivity contribution is 7.09. The van der Waals surface area contributed by atoms with Crippen molar-refractivity contribution in [3.63, 3.8) is 0 Å². The molecule has 1 fully saturated rings. The smallest absolute Gasteiger partial charge is 0.308 e. The molecule has 1 aliphatic carbocycles. The maximum Gasteiger partial charge on any atom is 0.416 e. The van der Waals surface area contributed by atoms with Gasteiger partial charge in [-0.25, -0.2) is 4.98 Å². The highest BCUT2D eigenvalue weighted by Crippen LogP contribution is 2.30. The summed E-state index contributed by atoms with van der Waals surface area (Å²) in [5.41, 5.74) is 1.00. The minimum Gasteiger partial charge on any atom is -0.308 e. The molecular formula is C15H15F3N2S. The lowest BCUT2D eigenvalue weighted by molar-refractivity contribution is -0.137. The molecule has 0 saturated heterocycles. The summed E-state index contributed by atoms with van der Waals surface area (Å²) in [6, 6.07) is 6.07. The molecule has 1 aromatic carbocycles. The fourth-order valence-electron chi connectivity index (χ4n) is 2.08. The Morgan fingerprint density at radius 3 is 2.81 bits per heavy atom. The zero-order chi connectivity index (χ0) is 14.9. The van der Waals surface area contributed by atoms with E-state index < -0.39 is 11.7 Å². The molecule has 6 heteroatoms. The highest BCUT2D eigenvalue weighted by Gasteiger charge is 2.30. The van der Waals surface area contributed by atoms with Crippen LogP contribution in [-0.4, -0.2) is 11.0 Å². The van der Waals surface area contributed by atoms with E-state index in [1.165, 1.54) is 36.3 Å². The lowest BCUT2D eigenvalue weighted by Gasteiger charge is -2.07. The molecule has 1 heterocycles. The van der Waals surface area contributed by atoms with Crippen molar-refractivity contribution in [3.8, 4) is 0 Å². The van der Waals surface area contributed by atoms with Gasteiger partial charge in [0.15, 0.2) is 0 Å². The number of nitrogens with zero attached hydrogens (tertiary/aromatic N) is 1. The molecule has 0 spiro atoms. The van der Waals surface area contributed by atoms with E-state index in [-0.39, 0.29) is 0 Å². The first kappa shape index (κ1) is 14.5. The van der Waals surface area contributed by atoms with Gasteiger partial charge >= 0.3 is 6.18 Å². The SMILES string of the molecule is FC(F)(F)c1cccc(Cc2nc(CNC3CC3)cs2)c1. The van der Waals surface area contributed by atoms with E-state index in [1.54, 1.807) is 6.07 Å². The molecule has 21 heavy (non-hydrogen) atoms. The zero-order valence-electron chi connectivity index (χ0n) is 11.3. The van der Waals surface area contributed by atoms with Crippen molar-refractivity contribution in [2.75, 3.05) is 0 Å². The summed E-state index contributed by atoms with van der Waals surface area (Å²) in [6.07, 6.45) is -1.40. The van der Waals surface area contributed by atoms with Crippen LogP contribution in [0.4, 0.5) is 13.2 Å². The molecule has 1 saturated carbocycles. The van der Waals surface area contributed by atoms with Crippen molar-refractivity contribution >= 4 is 11.3 Å². The van der Waals surface area contributed by atoms with Crippen LogP contribution in [0.3, 0.4) is 0 Å². The Labute approximate surface area is 125 Å². The van der Waals surface area contributed by atoms with Crippen LogP contribution in [0.15, 0.2) is 29.6 Å². The van der Waals surface area contributed by atoms with Gasteiger partial charge in [-0.3, -0.25) is 0 Å². The van der Waals surface area contributed by atoms with Gasteiger partial charge in [-0.2, -0.15) is 13.2 Å². The van der Waals surface area contributed by atoms with Crippen LogP contribution in [0.25, 0.3) is 0 Å². The van der Waals surface area contributed by atoms with Crippen molar-refractivity contribution in [2.45, 2.75) is 38.0 Å². The molecule has 3 rings (SSSR count). The Morgan fingerprint density at radius 2 is 2.10 bits per heavy atom. The normalized spacial score (nSPS) is 15.4. The Kier molecular flexibility index (Phi) is 3.99. The molecule has 2 nitrogen and oxygen atoms in total. The van der Waals surface area contributed by atoms with E-state index in [0.29, 0.717) is 18.0 Å². The summed E-state index contributed by atoms with van der Waals surface area (Å²) in [5.74, 6) is 0. The summed E-state index contributed by atoms with van der Waals surface area (Å²) >= 11 is 1.50. The van der Waals surface area contributed by atoms with Gasteiger partial charge in [-0.1, -0.05) is 18.2 Å². The first-order valence-electron chi connectivity index (χ1n) is 6.83. The fraction of sp³-hybridized carbons (Fsp3) is 0.400. The van der Waals surface area contributed by atoms with Crippen LogP contribution in [-0.2, 0) is 19.1 Å². The summed E-state index contributed by atoms with van der Waals surface area (Å²) in [7, 11) is 0. The van der Waals surface area contributed by atoms with Gasteiger partial charge in [0.05, 0.1) is 16.3 Å². The van der Waals surface area contributed by atoms with Crippen molar-refractivity contribution in [3.05, 3.63) is 51.5 Å². The van der Waals surface area contributed by atoms with Crippen molar-refractivity contribution < 1.29 is 13.2 Å². The van der Waals surface area contributed by atoms with Gasteiger partial charge in [0.1, 0.15) is 0 Å². The first-order chi connectivity index (χ1) is 10.0. The first-order valence-corrected chi connectivity index (χ1v) is 7.71. The maximum atomic E-state index is 12.7. The van der Waals surface area contributed by atoms with Crippen LogP contribution < -0.4 is 5.32 Å². The van der Waals surface area contributed by atoms with Crippen LogP contribution in [0.5, 0.6) is 0 Å². The number of halogens is 3. The lowest BCUT2D eigenvalue weighted by Crippen LogP contribution is -2.15. The second-order valence-corrected chi connectivity index (χ2v) is 6.21. The van der Waals surface area contributed by atoms with Crippen LogP contribution in [0, 0.1) is 0 Å². The zero-order valence-corrected chi connectivity index (χ0v) is 12.1. The molecule has 0 bridgehead atoms. The summed E-state index contributed by atoms with van der Waals surface area (Å²) in [6.45, 7) is 0.740. The molecule has 0 unspecified atom stereocenters. The molecule has 0 radical (unpaired) electrons. The fourth-order valence-corrected chi connectivity index (χ4v) is 2.91. The Bertz CT molecular complexity index is 617. The Morgan fingerprint density at radius 1 is 1.29 bits per heavy atom. The van der Waals surface area contributed by atoms with E-state index in [0.717, 1.165) is 23.3 Å². The second-order valence-electron chi connectivity index (χ2n) is 5.26. The van der Waals surface area contributed by atoms with E-state index >= 15 is 0 Å². The monoisotopic (exact) mass is 312 g/mol. The van der Waals surface area contributed by atoms with Crippen molar-refractivity contribution in [1.82, 2.24) is 10.3 Å². The van der Waals surface area contributed by atoms with Crippen LogP contribution >= 0.6 is 11.3 Å². The van der Waals surface area contributed by atoms with Gasteiger partial charge in [0.25, 0.3) is 0 Å². The molecule has 2 aromatic rings.